The van der Waals surface area contributed by atoms with Crippen LogP contribution in [0.25, 0.3) is 16.1 Å². The first kappa shape index (κ1) is 16.0. The van der Waals surface area contributed by atoms with Crippen molar-refractivity contribution >= 4 is 28.2 Å². The van der Waals surface area contributed by atoms with Crippen molar-refractivity contribution in [3.63, 3.8) is 0 Å². The SMILES string of the molecule is O=C(Nc1ccc(-n2ccnc2)cc1)Nc1ncc(-c2ccccc2)s1. The number of nitrogens with one attached hydrogen (secondary N) is 2. The van der Waals surface area contributed by atoms with Crippen molar-refractivity contribution in [2.24, 2.45) is 0 Å². The number of anilines is 2. The van der Waals surface area contributed by atoms with E-state index < -0.39 is 0 Å². The number of rotatable bonds is 4. The summed E-state index contributed by atoms with van der Waals surface area (Å²) < 4.78 is 1.89. The van der Waals surface area contributed by atoms with Crippen LogP contribution >= 0.6 is 11.3 Å². The average molecular weight is 361 g/mol. The number of carbonyl (C=O) groups excluding carboxylic acids is 1. The van der Waals surface area contributed by atoms with Gasteiger partial charge in [-0.25, -0.2) is 14.8 Å². The minimum atomic E-state index is -0.325. The van der Waals surface area contributed by atoms with Crippen LogP contribution in [0.5, 0.6) is 0 Å². The number of amides is 2. The van der Waals surface area contributed by atoms with Crippen LogP contribution in [0.2, 0.25) is 0 Å². The van der Waals surface area contributed by atoms with Gasteiger partial charge in [-0.2, -0.15) is 0 Å². The summed E-state index contributed by atoms with van der Waals surface area (Å²) in [5, 5.41) is 6.12. The molecule has 0 aliphatic heterocycles. The molecule has 0 fully saturated rings. The van der Waals surface area contributed by atoms with Crippen LogP contribution in [-0.2, 0) is 0 Å². The van der Waals surface area contributed by atoms with E-state index in [1.807, 2.05) is 65.4 Å². The number of carbonyl (C=O) groups is 1. The Bertz CT molecular complexity index is 994. The second kappa shape index (κ2) is 7.20. The Morgan fingerprint density at radius 1 is 1.00 bits per heavy atom. The first-order valence-electron chi connectivity index (χ1n) is 7.95. The van der Waals surface area contributed by atoms with Gasteiger partial charge in [-0.05, 0) is 29.8 Å². The van der Waals surface area contributed by atoms with Crippen molar-refractivity contribution in [2.45, 2.75) is 0 Å². The second-order valence-corrected chi connectivity index (χ2v) is 6.52. The van der Waals surface area contributed by atoms with Crippen LogP contribution in [0.3, 0.4) is 0 Å². The molecule has 6 nitrogen and oxygen atoms in total. The zero-order valence-electron chi connectivity index (χ0n) is 13.7. The normalized spacial score (nSPS) is 10.5. The maximum Gasteiger partial charge on any atom is 0.325 e. The third-order valence-electron chi connectivity index (χ3n) is 3.71. The lowest BCUT2D eigenvalue weighted by molar-refractivity contribution is 0.262. The van der Waals surface area contributed by atoms with Crippen molar-refractivity contribution in [1.82, 2.24) is 14.5 Å². The van der Waals surface area contributed by atoms with Gasteiger partial charge >= 0.3 is 6.03 Å². The monoisotopic (exact) mass is 361 g/mol. The van der Waals surface area contributed by atoms with Gasteiger partial charge in [0.15, 0.2) is 5.13 Å². The summed E-state index contributed by atoms with van der Waals surface area (Å²) in [4.78, 5) is 21.5. The summed E-state index contributed by atoms with van der Waals surface area (Å²) in [6.45, 7) is 0. The van der Waals surface area contributed by atoms with Gasteiger partial charge in [0.1, 0.15) is 0 Å². The molecule has 0 atom stereocenters. The molecule has 7 heteroatoms. The number of aromatic nitrogens is 3. The molecule has 0 saturated carbocycles. The summed E-state index contributed by atoms with van der Waals surface area (Å²) in [5.41, 5.74) is 2.75. The molecule has 0 aliphatic carbocycles. The predicted octanol–water partition coefficient (Wildman–Crippen LogP) is 4.64. The zero-order chi connectivity index (χ0) is 17.8. The standard InChI is InChI=1S/C19H15N5OS/c25-18(22-15-6-8-16(9-7-15)24-11-10-20-13-24)23-19-21-12-17(26-19)14-4-2-1-3-5-14/h1-13H,(H2,21,22,23,25). The number of hydrogen-bond acceptors (Lipinski definition) is 4. The Morgan fingerprint density at radius 2 is 1.81 bits per heavy atom. The van der Waals surface area contributed by atoms with Crippen LogP contribution in [0.1, 0.15) is 0 Å². The third kappa shape index (κ3) is 3.62. The minimum absolute atomic E-state index is 0.325. The number of nitrogens with zero attached hydrogens (tertiary/aromatic N) is 3. The number of benzene rings is 2. The molecule has 2 amide bonds. The van der Waals surface area contributed by atoms with Crippen molar-refractivity contribution in [1.29, 1.82) is 0 Å². The number of hydrogen-bond donors (Lipinski definition) is 2. The summed E-state index contributed by atoms with van der Waals surface area (Å²) >= 11 is 1.43. The van der Waals surface area contributed by atoms with Gasteiger partial charge in [0.2, 0.25) is 0 Å². The highest BCUT2D eigenvalue weighted by molar-refractivity contribution is 7.19. The van der Waals surface area contributed by atoms with Crippen LogP contribution in [0.4, 0.5) is 15.6 Å². The van der Waals surface area contributed by atoms with E-state index in [0.29, 0.717) is 10.8 Å². The van der Waals surface area contributed by atoms with E-state index in [2.05, 4.69) is 20.6 Å². The lowest BCUT2D eigenvalue weighted by Gasteiger charge is -2.07. The van der Waals surface area contributed by atoms with Gasteiger partial charge in [0, 0.05) is 30.0 Å². The predicted molar refractivity (Wildman–Crippen MR) is 104 cm³/mol. The Morgan fingerprint density at radius 3 is 2.54 bits per heavy atom. The molecule has 0 bridgehead atoms. The maximum atomic E-state index is 12.2. The van der Waals surface area contributed by atoms with E-state index in [1.54, 1.807) is 18.7 Å². The van der Waals surface area contributed by atoms with Crippen molar-refractivity contribution in [3.8, 4) is 16.1 Å². The Kier molecular flexibility index (Phi) is 4.44. The molecular formula is C19H15N5OS. The summed E-state index contributed by atoms with van der Waals surface area (Å²) in [5.74, 6) is 0. The molecule has 4 aromatic rings. The van der Waals surface area contributed by atoms with E-state index in [0.717, 1.165) is 16.1 Å². The van der Waals surface area contributed by atoms with E-state index in [4.69, 9.17) is 0 Å². The van der Waals surface area contributed by atoms with E-state index >= 15 is 0 Å². The maximum absolute atomic E-state index is 12.2. The van der Waals surface area contributed by atoms with Crippen molar-refractivity contribution in [3.05, 3.63) is 79.5 Å². The van der Waals surface area contributed by atoms with Crippen molar-refractivity contribution in [2.75, 3.05) is 10.6 Å². The average Bonchev–Trinajstić information content (AvgIpc) is 3.35. The number of urea groups is 1. The number of imidazole rings is 1. The zero-order valence-corrected chi connectivity index (χ0v) is 14.5. The molecule has 0 radical (unpaired) electrons. The molecule has 0 aliphatic rings. The minimum Gasteiger partial charge on any atom is -0.308 e. The summed E-state index contributed by atoms with van der Waals surface area (Å²) in [6, 6.07) is 17.1. The first-order valence-corrected chi connectivity index (χ1v) is 8.77. The van der Waals surface area contributed by atoms with Crippen LogP contribution in [0.15, 0.2) is 79.5 Å². The highest BCUT2D eigenvalue weighted by atomic mass is 32.1. The van der Waals surface area contributed by atoms with Gasteiger partial charge in [-0.15, -0.1) is 0 Å². The Hall–Kier alpha value is -3.45. The first-order chi connectivity index (χ1) is 12.8. The van der Waals surface area contributed by atoms with Gasteiger partial charge in [-0.3, -0.25) is 5.32 Å². The molecule has 4 rings (SSSR count). The molecule has 2 heterocycles. The van der Waals surface area contributed by atoms with E-state index in [-0.39, 0.29) is 6.03 Å². The van der Waals surface area contributed by atoms with Gasteiger partial charge in [0.25, 0.3) is 0 Å². The lowest BCUT2D eigenvalue weighted by Crippen LogP contribution is -2.19. The van der Waals surface area contributed by atoms with Crippen LogP contribution in [0, 0.1) is 0 Å². The molecular weight excluding hydrogens is 346 g/mol. The highest BCUT2D eigenvalue weighted by Crippen LogP contribution is 2.28. The fraction of sp³-hybridized carbons (Fsp3) is 0. The fourth-order valence-electron chi connectivity index (χ4n) is 2.46. The second-order valence-electron chi connectivity index (χ2n) is 5.49. The molecule has 26 heavy (non-hydrogen) atoms. The van der Waals surface area contributed by atoms with Gasteiger partial charge < -0.3 is 9.88 Å². The quantitative estimate of drug-likeness (QED) is 0.556. The summed E-state index contributed by atoms with van der Waals surface area (Å²) in [7, 11) is 0. The largest absolute Gasteiger partial charge is 0.325 e. The van der Waals surface area contributed by atoms with Crippen LogP contribution < -0.4 is 10.6 Å². The molecule has 128 valence electrons. The van der Waals surface area contributed by atoms with Gasteiger partial charge in [0.05, 0.1) is 11.2 Å². The van der Waals surface area contributed by atoms with Crippen molar-refractivity contribution < 1.29 is 4.79 Å². The molecule has 2 aromatic heterocycles. The topological polar surface area (TPSA) is 71.8 Å². The Balaban J connectivity index is 1.39. The smallest absolute Gasteiger partial charge is 0.308 e. The summed E-state index contributed by atoms with van der Waals surface area (Å²) in [6.07, 6.45) is 7.07. The van der Waals surface area contributed by atoms with Gasteiger partial charge in [-0.1, -0.05) is 41.7 Å². The molecule has 0 saturated heterocycles. The van der Waals surface area contributed by atoms with E-state index in [9.17, 15) is 4.79 Å². The highest BCUT2D eigenvalue weighted by Gasteiger charge is 2.08. The lowest BCUT2D eigenvalue weighted by atomic mass is 10.2. The molecule has 2 aromatic carbocycles. The molecule has 0 unspecified atom stereocenters. The fourth-order valence-corrected chi connectivity index (χ4v) is 3.27. The molecule has 2 N–H and O–H groups in total. The third-order valence-corrected chi connectivity index (χ3v) is 4.67. The number of thiazole rings is 1. The van der Waals surface area contributed by atoms with Crippen LogP contribution in [-0.4, -0.2) is 20.6 Å². The van der Waals surface area contributed by atoms with E-state index in [1.165, 1.54) is 11.3 Å². The Labute approximate surface area is 154 Å². The molecule has 0 spiro atoms.